The number of rotatable bonds is 4. The SMILES string of the molecule is CCN1CCOC(C(NN)C2CCC(C)CC2)C1. The Kier molecular flexibility index (Phi) is 5.42. The third-order valence-electron chi connectivity index (χ3n) is 4.79. The van der Waals surface area contributed by atoms with Crippen LogP contribution in [0.15, 0.2) is 0 Å². The second-order valence-corrected chi connectivity index (χ2v) is 6.01. The third kappa shape index (κ3) is 3.44. The summed E-state index contributed by atoms with van der Waals surface area (Å²) in [6.45, 7) is 8.62. The van der Waals surface area contributed by atoms with Crippen molar-refractivity contribution >= 4 is 0 Å². The molecule has 18 heavy (non-hydrogen) atoms. The van der Waals surface area contributed by atoms with Crippen LogP contribution in [0.1, 0.15) is 39.5 Å². The van der Waals surface area contributed by atoms with Crippen LogP contribution >= 0.6 is 0 Å². The quantitative estimate of drug-likeness (QED) is 0.588. The Morgan fingerprint density at radius 3 is 2.67 bits per heavy atom. The van der Waals surface area contributed by atoms with Gasteiger partial charge in [-0.2, -0.15) is 0 Å². The van der Waals surface area contributed by atoms with E-state index in [0.717, 1.165) is 32.2 Å². The van der Waals surface area contributed by atoms with Gasteiger partial charge in [-0.1, -0.05) is 26.7 Å². The number of nitrogens with zero attached hydrogens (tertiary/aromatic N) is 1. The Balaban J connectivity index is 1.91. The highest BCUT2D eigenvalue weighted by atomic mass is 16.5. The van der Waals surface area contributed by atoms with Crippen molar-refractivity contribution in [2.24, 2.45) is 17.7 Å². The molecule has 1 heterocycles. The summed E-state index contributed by atoms with van der Waals surface area (Å²) < 4.78 is 5.96. The molecule has 2 unspecified atom stereocenters. The molecule has 106 valence electrons. The fourth-order valence-electron chi connectivity index (χ4n) is 3.43. The Labute approximate surface area is 111 Å². The average Bonchev–Trinajstić information content (AvgIpc) is 2.42. The van der Waals surface area contributed by atoms with E-state index < -0.39 is 0 Å². The predicted octanol–water partition coefficient (Wildman–Crippen LogP) is 1.37. The Morgan fingerprint density at radius 2 is 2.06 bits per heavy atom. The summed E-state index contributed by atoms with van der Waals surface area (Å²) in [5.74, 6) is 7.38. The van der Waals surface area contributed by atoms with Crippen molar-refractivity contribution in [2.75, 3.05) is 26.2 Å². The molecule has 2 rings (SSSR count). The fraction of sp³-hybridized carbons (Fsp3) is 1.00. The molecule has 1 saturated heterocycles. The van der Waals surface area contributed by atoms with E-state index in [1.54, 1.807) is 0 Å². The molecule has 1 saturated carbocycles. The molecular weight excluding hydrogens is 226 g/mol. The lowest BCUT2D eigenvalue weighted by molar-refractivity contribution is -0.0590. The number of hydrazine groups is 1. The zero-order valence-corrected chi connectivity index (χ0v) is 11.9. The van der Waals surface area contributed by atoms with Crippen LogP contribution in [-0.2, 0) is 4.74 Å². The largest absolute Gasteiger partial charge is 0.374 e. The first-order chi connectivity index (χ1) is 8.74. The molecular formula is C14H29N3O. The number of nitrogens with one attached hydrogen (secondary N) is 1. The van der Waals surface area contributed by atoms with Crippen LogP contribution in [0, 0.1) is 11.8 Å². The van der Waals surface area contributed by atoms with Gasteiger partial charge in [-0.3, -0.25) is 16.2 Å². The smallest absolute Gasteiger partial charge is 0.0871 e. The van der Waals surface area contributed by atoms with E-state index in [-0.39, 0.29) is 6.10 Å². The Morgan fingerprint density at radius 1 is 1.33 bits per heavy atom. The summed E-state index contributed by atoms with van der Waals surface area (Å²) in [6, 6.07) is 0.326. The molecule has 3 N–H and O–H groups in total. The minimum Gasteiger partial charge on any atom is -0.374 e. The van der Waals surface area contributed by atoms with Crippen molar-refractivity contribution < 1.29 is 4.74 Å². The first-order valence-electron chi connectivity index (χ1n) is 7.54. The highest BCUT2D eigenvalue weighted by molar-refractivity contribution is 4.88. The summed E-state index contributed by atoms with van der Waals surface area (Å²) in [5.41, 5.74) is 3.05. The summed E-state index contributed by atoms with van der Waals surface area (Å²) in [5, 5.41) is 0. The van der Waals surface area contributed by atoms with Crippen LogP contribution in [-0.4, -0.2) is 43.3 Å². The number of likely N-dealkylation sites (N-methyl/N-ethyl adjacent to an activating group) is 1. The molecule has 1 aliphatic heterocycles. The van der Waals surface area contributed by atoms with Gasteiger partial charge in [0, 0.05) is 13.1 Å². The normalized spacial score (nSPS) is 36.5. The highest BCUT2D eigenvalue weighted by Gasteiger charge is 2.34. The van der Waals surface area contributed by atoms with Gasteiger partial charge in [0.25, 0.3) is 0 Å². The molecule has 0 amide bonds. The van der Waals surface area contributed by atoms with Crippen molar-refractivity contribution in [1.82, 2.24) is 10.3 Å². The van der Waals surface area contributed by atoms with Crippen molar-refractivity contribution in [3.8, 4) is 0 Å². The molecule has 0 aromatic rings. The molecule has 2 aliphatic rings. The van der Waals surface area contributed by atoms with E-state index in [0.29, 0.717) is 12.0 Å². The number of hydrogen-bond donors (Lipinski definition) is 2. The Hall–Kier alpha value is -0.160. The molecule has 4 heteroatoms. The van der Waals surface area contributed by atoms with Gasteiger partial charge in [-0.05, 0) is 31.2 Å². The van der Waals surface area contributed by atoms with Crippen LogP contribution in [0.5, 0.6) is 0 Å². The number of hydrogen-bond acceptors (Lipinski definition) is 4. The highest BCUT2D eigenvalue weighted by Crippen LogP contribution is 2.32. The van der Waals surface area contributed by atoms with E-state index in [2.05, 4.69) is 24.2 Å². The minimum atomic E-state index is 0.266. The van der Waals surface area contributed by atoms with Gasteiger partial charge in [-0.25, -0.2) is 0 Å². The minimum absolute atomic E-state index is 0.266. The van der Waals surface area contributed by atoms with Crippen LogP contribution in [0.2, 0.25) is 0 Å². The van der Waals surface area contributed by atoms with Gasteiger partial charge in [0.2, 0.25) is 0 Å². The van der Waals surface area contributed by atoms with Crippen molar-refractivity contribution in [3.05, 3.63) is 0 Å². The molecule has 0 bridgehead atoms. The third-order valence-corrected chi connectivity index (χ3v) is 4.79. The lowest BCUT2D eigenvalue weighted by Crippen LogP contribution is -2.57. The van der Waals surface area contributed by atoms with Gasteiger partial charge < -0.3 is 4.74 Å². The summed E-state index contributed by atoms with van der Waals surface area (Å²) in [6.07, 6.45) is 5.53. The first kappa shape index (κ1) is 14.3. The maximum Gasteiger partial charge on any atom is 0.0871 e. The molecule has 0 aromatic carbocycles. The maximum atomic E-state index is 5.96. The predicted molar refractivity (Wildman–Crippen MR) is 74.1 cm³/mol. The molecule has 2 atom stereocenters. The van der Waals surface area contributed by atoms with E-state index in [4.69, 9.17) is 10.6 Å². The molecule has 1 aliphatic carbocycles. The van der Waals surface area contributed by atoms with Gasteiger partial charge in [0.15, 0.2) is 0 Å². The zero-order valence-electron chi connectivity index (χ0n) is 11.9. The lowest BCUT2D eigenvalue weighted by atomic mass is 9.77. The van der Waals surface area contributed by atoms with Crippen LogP contribution in [0.4, 0.5) is 0 Å². The van der Waals surface area contributed by atoms with Crippen LogP contribution in [0.3, 0.4) is 0 Å². The zero-order chi connectivity index (χ0) is 13.0. The maximum absolute atomic E-state index is 5.96. The topological polar surface area (TPSA) is 50.5 Å². The van der Waals surface area contributed by atoms with Crippen molar-refractivity contribution in [2.45, 2.75) is 51.7 Å². The average molecular weight is 255 g/mol. The first-order valence-corrected chi connectivity index (χ1v) is 7.54. The van der Waals surface area contributed by atoms with Gasteiger partial charge >= 0.3 is 0 Å². The van der Waals surface area contributed by atoms with E-state index in [9.17, 15) is 0 Å². The second kappa shape index (κ2) is 6.85. The van der Waals surface area contributed by atoms with E-state index in [1.165, 1.54) is 25.7 Å². The number of ether oxygens (including phenoxy) is 1. The molecule has 2 fully saturated rings. The standard InChI is InChI=1S/C14H29N3O/c1-3-17-8-9-18-13(10-17)14(16-15)12-6-4-11(2)5-7-12/h11-14,16H,3-10,15H2,1-2H3. The summed E-state index contributed by atoms with van der Waals surface area (Å²) >= 11 is 0. The molecule has 0 radical (unpaired) electrons. The van der Waals surface area contributed by atoms with E-state index >= 15 is 0 Å². The van der Waals surface area contributed by atoms with Crippen molar-refractivity contribution in [1.29, 1.82) is 0 Å². The number of nitrogens with two attached hydrogens (primary N) is 1. The van der Waals surface area contributed by atoms with Crippen molar-refractivity contribution in [3.63, 3.8) is 0 Å². The molecule has 0 aromatic heterocycles. The lowest BCUT2D eigenvalue weighted by Gasteiger charge is -2.41. The van der Waals surface area contributed by atoms with Gasteiger partial charge in [0.1, 0.15) is 0 Å². The fourth-order valence-corrected chi connectivity index (χ4v) is 3.43. The van der Waals surface area contributed by atoms with Crippen LogP contribution < -0.4 is 11.3 Å². The van der Waals surface area contributed by atoms with Crippen LogP contribution in [0.25, 0.3) is 0 Å². The number of morpholine rings is 1. The van der Waals surface area contributed by atoms with E-state index in [1.807, 2.05) is 0 Å². The van der Waals surface area contributed by atoms with Gasteiger partial charge in [0.05, 0.1) is 18.8 Å². The summed E-state index contributed by atoms with van der Waals surface area (Å²) in [4.78, 5) is 2.46. The monoisotopic (exact) mass is 255 g/mol. The second-order valence-electron chi connectivity index (χ2n) is 6.01. The van der Waals surface area contributed by atoms with Gasteiger partial charge in [-0.15, -0.1) is 0 Å². The summed E-state index contributed by atoms with van der Waals surface area (Å²) in [7, 11) is 0. The Bertz CT molecular complexity index is 241. The molecule has 0 spiro atoms. The molecule has 4 nitrogen and oxygen atoms in total.